The van der Waals surface area contributed by atoms with Crippen LogP contribution in [-0.4, -0.2) is 21.7 Å². The third-order valence-corrected chi connectivity index (χ3v) is 5.26. The molecule has 1 N–H and O–H groups in total. The van der Waals surface area contributed by atoms with E-state index in [0.717, 1.165) is 36.3 Å². The number of carbonyl (C=O) groups is 1. The minimum absolute atomic E-state index is 0.0336. The zero-order valence-corrected chi connectivity index (χ0v) is 16.1. The Morgan fingerprint density at radius 1 is 1.04 bits per heavy atom. The largest absolute Gasteiger partial charge is 0.353 e. The van der Waals surface area contributed by atoms with Crippen LogP contribution >= 0.6 is 0 Å². The molecule has 4 heteroatoms. The van der Waals surface area contributed by atoms with Gasteiger partial charge in [0.15, 0.2) is 0 Å². The minimum atomic E-state index is 0.0336. The fourth-order valence-corrected chi connectivity index (χ4v) is 3.86. The normalized spacial score (nSPS) is 16.0. The van der Waals surface area contributed by atoms with Crippen molar-refractivity contribution in [1.29, 1.82) is 0 Å². The fourth-order valence-electron chi connectivity index (χ4n) is 3.86. The third-order valence-electron chi connectivity index (χ3n) is 5.26. The van der Waals surface area contributed by atoms with Crippen molar-refractivity contribution in [2.45, 2.75) is 46.1 Å². The van der Waals surface area contributed by atoms with Gasteiger partial charge in [-0.1, -0.05) is 47.5 Å². The number of aromatic nitrogens is 2. The second kappa shape index (κ2) is 7.03. The molecule has 4 nitrogen and oxygen atoms in total. The lowest BCUT2D eigenvalue weighted by atomic mass is 9.89. The molecule has 3 aromatic rings. The summed E-state index contributed by atoms with van der Waals surface area (Å²) in [4.78, 5) is 11.5. The first-order valence-corrected chi connectivity index (χ1v) is 9.53. The van der Waals surface area contributed by atoms with E-state index in [-0.39, 0.29) is 11.9 Å². The van der Waals surface area contributed by atoms with E-state index in [9.17, 15) is 4.79 Å². The molecule has 1 atom stereocenters. The van der Waals surface area contributed by atoms with Gasteiger partial charge in [0, 0.05) is 24.1 Å². The van der Waals surface area contributed by atoms with Crippen LogP contribution in [0.15, 0.2) is 48.5 Å². The maximum absolute atomic E-state index is 11.5. The van der Waals surface area contributed by atoms with Gasteiger partial charge in [0.1, 0.15) is 0 Å². The van der Waals surface area contributed by atoms with Crippen molar-refractivity contribution in [3.8, 4) is 16.9 Å². The van der Waals surface area contributed by atoms with Gasteiger partial charge in [0.2, 0.25) is 5.91 Å². The highest BCUT2D eigenvalue weighted by atomic mass is 16.1. The van der Waals surface area contributed by atoms with Crippen molar-refractivity contribution in [2.75, 3.05) is 0 Å². The van der Waals surface area contributed by atoms with E-state index in [1.807, 2.05) is 0 Å². The molecule has 1 aliphatic carbocycles. The van der Waals surface area contributed by atoms with Crippen molar-refractivity contribution in [1.82, 2.24) is 15.1 Å². The van der Waals surface area contributed by atoms with E-state index in [1.165, 1.54) is 22.3 Å². The number of carbonyl (C=O) groups excluding carboxylic acids is 1. The van der Waals surface area contributed by atoms with Crippen LogP contribution in [0, 0.1) is 13.8 Å². The number of hydrogen-bond donors (Lipinski definition) is 1. The molecular formula is C23H25N3O. The predicted octanol–water partition coefficient (Wildman–Crippen LogP) is 4.15. The molecule has 2 aromatic carbocycles. The fraction of sp³-hybridized carbons (Fsp3) is 0.304. The number of hydrogen-bond acceptors (Lipinski definition) is 2. The number of nitrogens with one attached hydrogen (secondary N) is 1. The minimum Gasteiger partial charge on any atom is -0.353 e. The SMILES string of the molecule is CC(=O)NC1CCc2nn(-c3ccc(C)cc3)c(-c3ccc(C)cc3)c2C1. The monoisotopic (exact) mass is 359 g/mol. The maximum Gasteiger partial charge on any atom is 0.217 e. The molecule has 27 heavy (non-hydrogen) atoms. The molecule has 1 amide bonds. The second-order valence-corrected chi connectivity index (χ2v) is 7.53. The van der Waals surface area contributed by atoms with Gasteiger partial charge in [-0.3, -0.25) is 4.79 Å². The first kappa shape index (κ1) is 17.5. The summed E-state index contributed by atoms with van der Waals surface area (Å²) in [6, 6.07) is 17.3. The molecule has 138 valence electrons. The van der Waals surface area contributed by atoms with E-state index in [2.05, 4.69) is 72.4 Å². The highest BCUT2D eigenvalue weighted by molar-refractivity contribution is 5.74. The molecule has 1 aromatic heterocycles. The molecule has 1 unspecified atom stereocenters. The van der Waals surface area contributed by atoms with Crippen LogP contribution in [0.25, 0.3) is 16.9 Å². The van der Waals surface area contributed by atoms with Gasteiger partial charge in [-0.15, -0.1) is 0 Å². The number of nitrogens with zero attached hydrogens (tertiary/aromatic N) is 2. The van der Waals surface area contributed by atoms with Gasteiger partial charge < -0.3 is 5.32 Å². The van der Waals surface area contributed by atoms with Crippen LogP contribution in [0.4, 0.5) is 0 Å². The summed E-state index contributed by atoms with van der Waals surface area (Å²) in [7, 11) is 0. The summed E-state index contributed by atoms with van der Waals surface area (Å²) < 4.78 is 2.07. The van der Waals surface area contributed by atoms with Crippen molar-refractivity contribution in [2.24, 2.45) is 0 Å². The first-order valence-electron chi connectivity index (χ1n) is 9.53. The first-order chi connectivity index (χ1) is 13.0. The predicted molar refractivity (Wildman–Crippen MR) is 108 cm³/mol. The lowest BCUT2D eigenvalue weighted by molar-refractivity contribution is -0.119. The van der Waals surface area contributed by atoms with E-state index in [0.29, 0.717) is 0 Å². The molecule has 0 spiro atoms. The Kier molecular flexibility index (Phi) is 4.56. The summed E-state index contributed by atoms with van der Waals surface area (Å²) >= 11 is 0. The summed E-state index contributed by atoms with van der Waals surface area (Å²) in [5, 5.41) is 8.06. The zero-order chi connectivity index (χ0) is 19.0. The van der Waals surface area contributed by atoms with E-state index in [4.69, 9.17) is 5.10 Å². The van der Waals surface area contributed by atoms with Crippen LogP contribution in [-0.2, 0) is 17.6 Å². The van der Waals surface area contributed by atoms with Crippen LogP contribution in [0.3, 0.4) is 0 Å². The molecule has 4 rings (SSSR count). The Hall–Kier alpha value is -2.88. The summed E-state index contributed by atoms with van der Waals surface area (Å²) in [5.74, 6) is 0.0336. The topological polar surface area (TPSA) is 46.9 Å². The number of rotatable bonds is 3. The van der Waals surface area contributed by atoms with Crippen LogP contribution in [0.5, 0.6) is 0 Å². The molecule has 1 heterocycles. The van der Waals surface area contributed by atoms with Gasteiger partial charge in [0.25, 0.3) is 0 Å². The Bertz CT molecular complexity index is 968. The lowest BCUT2D eigenvalue weighted by Gasteiger charge is -2.23. The number of amides is 1. The Balaban J connectivity index is 1.84. The van der Waals surface area contributed by atoms with Crippen molar-refractivity contribution in [3.05, 3.63) is 70.9 Å². The zero-order valence-electron chi connectivity index (χ0n) is 16.1. The van der Waals surface area contributed by atoms with Crippen molar-refractivity contribution < 1.29 is 4.79 Å². The van der Waals surface area contributed by atoms with E-state index >= 15 is 0 Å². The standard InChI is InChI=1S/C23H25N3O/c1-15-4-8-18(9-5-15)23-21-14-19(24-17(3)27)10-13-22(21)25-26(23)20-11-6-16(2)7-12-20/h4-9,11-12,19H,10,13-14H2,1-3H3,(H,24,27). The van der Waals surface area contributed by atoms with Crippen LogP contribution < -0.4 is 5.32 Å². The second-order valence-electron chi connectivity index (χ2n) is 7.53. The highest BCUT2D eigenvalue weighted by Gasteiger charge is 2.27. The molecule has 0 fully saturated rings. The quantitative estimate of drug-likeness (QED) is 0.764. The highest BCUT2D eigenvalue weighted by Crippen LogP contribution is 2.34. The molecule has 0 bridgehead atoms. The van der Waals surface area contributed by atoms with Crippen LogP contribution in [0.1, 0.15) is 35.7 Å². The van der Waals surface area contributed by atoms with Gasteiger partial charge in [-0.25, -0.2) is 4.68 Å². The Labute approximate surface area is 160 Å². The Morgan fingerprint density at radius 3 is 2.30 bits per heavy atom. The maximum atomic E-state index is 11.5. The summed E-state index contributed by atoms with van der Waals surface area (Å²) in [5.41, 5.74) is 8.25. The molecule has 0 saturated heterocycles. The lowest BCUT2D eigenvalue weighted by Crippen LogP contribution is -2.37. The van der Waals surface area contributed by atoms with Crippen molar-refractivity contribution in [3.63, 3.8) is 0 Å². The van der Waals surface area contributed by atoms with E-state index in [1.54, 1.807) is 6.92 Å². The Morgan fingerprint density at radius 2 is 1.67 bits per heavy atom. The molecule has 0 aliphatic heterocycles. The summed E-state index contributed by atoms with van der Waals surface area (Å²) in [6.07, 6.45) is 2.65. The number of fused-ring (bicyclic) bond motifs is 1. The van der Waals surface area contributed by atoms with Gasteiger partial charge in [0.05, 0.1) is 17.1 Å². The molecule has 0 radical (unpaired) electrons. The van der Waals surface area contributed by atoms with Gasteiger partial charge in [-0.2, -0.15) is 5.10 Å². The van der Waals surface area contributed by atoms with Gasteiger partial charge in [-0.05, 0) is 45.2 Å². The molecular weight excluding hydrogens is 334 g/mol. The van der Waals surface area contributed by atoms with Crippen molar-refractivity contribution >= 4 is 5.91 Å². The number of benzene rings is 2. The molecule has 0 saturated carbocycles. The smallest absolute Gasteiger partial charge is 0.217 e. The number of aryl methyl sites for hydroxylation is 3. The average molecular weight is 359 g/mol. The third kappa shape index (κ3) is 3.52. The molecule has 1 aliphatic rings. The average Bonchev–Trinajstić information content (AvgIpc) is 3.01. The van der Waals surface area contributed by atoms with Crippen LogP contribution in [0.2, 0.25) is 0 Å². The van der Waals surface area contributed by atoms with Gasteiger partial charge >= 0.3 is 0 Å². The van der Waals surface area contributed by atoms with E-state index < -0.39 is 0 Å². The summed E-state index contributed by atoms with van der Waals surface area (Å²) in [6.45, 7) is 5.78.